The maximum atomic E-state index is 6.01. The normalized spacial score (nSPS) is 13.7. The summed E-state index contributed by atoms with van der Waals surface area (Å²) < 4.78 is 6.01. The summed E-state index contributed by atoms with van der Waals surface area (Å²) in [6.07, 6.45) is 3.44. The smallest absolute Gasteiger partial charge is 0.119 e. The van der Waals surface area contributed by atoms with Crippen molar-refractivity contribution in [2.75, 3.05) is 11.4 Å². The van der Waals surface area contributed by atoms with Crippen LogP contribution in [0.4, 0.5) is 5.69 Å². The fraction of sp³-hybridized carbons (Fsp3) is 0.310. The summed E-state index contributed by atoms with van der Waals surface area (Å²) in [5.74, 6) is 7.51. The molecule has 0 saturated heterocycles. The first kappa shape index (κ1) is 21.1. The molecule has 0 unspecified atom stereocenters. The molecule has 0 saturated carbocycles. The van der Waals surface area contributed by atoms with E-state index >= 15 is 0 Å². The second kappa shape index (κ2) is 10.2. The second-order valence-electron chi connectivity index (χ2n) is 8.18. The maximum Gasteiger partial charge on any atom is 0.119 e. The highest BCUT2D eigenvalue weighted by atomic mass is 16.5. The van der Waals surface area contributed by atoms with Gasteiger partial charge in [-0.2, -0.15) is 0 Å². The van der Waals surface area contributed by atoms with E-state index < -0.39 is 0 Å². The van der Waals surface area contributed by atoms with Crippen molar-refractivity contribution < 1.29 is 4.74 Å². The Morgan fingerprint density at radius 3 is 2.42 bits per heavy atom. The highest BCUT2D eigenvalue weighted by Crippen LogP contribution is 2.28. The lowest BCUT2D eigenvalue weighted by molar-refractivity contribution is 0.306. The Labute approximate surface area is 186 Å². The van der Waals surface area contributed by atoms with Gasteiger partial charge < -0.3 is 9.64 Å². The van der Waals surface area contributed by atoms with Gasteiger partial charge in [0.2, 0.25) is 0 Å². The first-order chi connectivity index (χ1) is 15.3. The average molecular weight is 410 g/mol. The largest absolute Gasteiger partial charge is 0.489 e. The summed E-state index contributed by atoms with van der Waals surface area (Å²) in [7, 11) is 0. The Kier molecular flexibility index (Phi) is 6.95. The third kappa shape index (κ3) is 5.30. The van der Waals surface area contributed by atoms with Crippen molar-refractivity contribution in [2.45, 2.75) is 52.2 Å². The molecule has 0 fully saturated rings. The number of nitrogens with zero attached hydrogens (tertiary/aromatic N) is 1. The van der Waals surface area contributed by atoms with Gasteiger partial charge in [-0.25, -0.2) is 0 Å². The fourth-order valence-corrected chi connectivity index (χ4v) is 4.30. The van der Waals surface area contributed by atoms with Crippen LogP contribution >= 0.6 is 0 Å². The molecule has 0 N–H and O–H groups in total. The van der Waals surface area contributed by atoms with Crippen molar-refractivity contribution >= 4 is 5.69 Å². The molecule has 0 aromatic heterocycles. The Morgan fingerprint density at radius 1 is 0.935 bits per heavy atom. The lowest BCUT2D eigenvalue weighted by Crippen LogP contribution is -2.28. The molecule has 31 heavy (non-hydrogen) atoms. The van der Waals surface area contributed by atoms with Crippen LogP contribution in [0, 0.1) is 11.8 Å². The van der Waals surface area contributed by atoms with E-state index in [1.807, 2.05) is 6.92 Å². The Balaban J connectivity index is 1.34. The molecule has 2 heteroatoms. The molecule has 1 heterocycles. The van der Waals surface area contributed by atoms with Crippen molar-refractivity contribution in [3.8, 4) is 17.6 Å². The number of fused-ring (bicyclic) bond motifs is 1. The van der Waals surface area contributed by atoms with Crippen LogP contribution in [0.2, 0.25) is 0 Å². The summed E-state index contributed by atoms with van der Waals surface area (Å²) in [4.78, 5) is 2.50. The summed E-state index contributed by atoms with van der Waals surface area (Å²) >= 11 is 0. The predicted octanol–water partition coefficient (Wildman–Crippen LogP) is 6.74. The molecule has 3 aromatic carbocycles. The second-order valence-corrected chi connectivity index (χ2v) is 8.18. The number of ether oxygens (including phenoxy) is 1. The van der Waals surface area contributed by atoms with Crippen LogP contribution < -0.4 is 9.64 Å². The minimum absolute atomic E-state index is 0.304. The number of hydrogen-bond donors (Lipinski definition) is 0. The molecule has 0 bridgehead atoms. The van der Waals surface area contributed by atoms with Crippen molar-refractivity contribution in [1.29, 1.82) is 0 Å². The van der Waals surface area contributed by atoms with Crippen LogP contribution in [-0.4, -0.2) is 6.54 Å². The molecule has 0 amide bonds. The zero-order chi connectivity index (χ0) is 21.5. The van der Waals surface area contributed by atoms with Crippen molar-refractivity contribution in [3.63, 3.8) is 0 Å². The number of hydrogen-bond acceptors (Lipinski definition) is 2. The molecule has 0 aliphatic carbocycles. The Hall–Kier alpha value is -3.18. The van der Waals surface area contributed by atoms with Gasteiger partial charge in [0.25, 0.3) is 0 Å². The van der Waals surface area contributed by atoms with E-state index in [1.54, 1.807) is 0 Å². The average Bonchev–Trinajstić information content (AvgIpc) is 2.83. The van der Waals surface area contributed by atoms with E-state index in [2.05, 4.69) is 96.5 Å². The van der Waals surface area contributed by atoms with Gasteiger partial charge in [0, 0.05) is 24.7 Å². The fourth-order valence-electron chi connectivity index (χ4n) is 4.30. The van der Waals surface area contributed by atoms with Crippen molar-refractivity contribution in [3.05, 3.63) is 95.1 Å². The molecule has 3 aromatic rings. The van der Waals surface area contributed by atoms with Crippen LogP contribution in [0.25, 0.3) is 0 Å². The summed E-state index contributed by atoms with van der Waals surface area (Å²) in [5.41, 5.74) is 6.65. The van der Waals surface area contributed by atoms with E-state index in [1.165, 1.54) is 40.8 Å². The molecular formula is C29H31NO. The molecule has 2 nitrogen and oxygen atoms in total. The minimum Gasteiger partial charge on any atom is -0.489 e. The van der Waals surface area contributed by atoms with Gasteiger partial charge in [0.1, 0.15) is 12.4 Å². The van der Waals surface area contributed by atoms with E-state index in [-0.39, 0.29) is 0 Å². The van der Waals surface area contributed by atoms with Gasteiger partial charge in [0.05, 0.1) is 0 Å². The zero-order valence-corrected chi connectivity index (χ0v) is 18.6. The molecule has 158 valence electrons. The summed E-state index contributed by atoms with van der Waals surface area (Å²) in [6, 6.07) is 26.0. The van der Waals surface area contributed by atoms with E-state index in [9.17, 15) is 0 Å². The van der Waals surface area contributed by atoms with E-state index in [4.69, 9.17) is 4.74 Å². The van der Waals surface area contributed by atoms with Gasteiger partial charge in [-0.05, 0) is 66.6 Å². The molecule has 1 atom stereocenters. The lowest BCUT2D eigenvalue weighted by Gasteiger charge is -2.31. The van der Waals surface area contributed by atoms with Crippen LogP contribution in [0.1, 0.15) is 54.9 Å². The van der Waals surface area contributed by atoms with Gasteiger partial charge in [0.15, 0.2) is 0 Å². The van der Waals surface area contributed by atoms with Crippen LogP contribution in [0.3, 0.4) is 0 Å². The first-order valence-corrected chi connectivity index (χ1v) is 11.3. The highest BCUT2D eigenvalue weighted by Gasteiger charge is 2.16. The topological polar surface area (TPSA) is 12.5 Å². The highest BCUT2D eigenvalue weighted by molar-refractivity contribution is 5.55. The van der Waals surface area contributed by atoms with Crippen LogP contribution in [-0.2, 0) is 19.6 Å². The molecule has 1 aliphatic rings. The molecule has 0 radical (unpaired) electrons. The van der Waals surface area contributed by atoms with Crippen LogP contribution in [0.15, 0.2) is 72.8 Å². The first-order valence-electron chi connectivity index (χ1n) is 11.3. The minimum atomic E-state index is 0.304. The number of rotatable bonds is 7. The molecule has 1 aliphatic heterocycles. The SMILES string of the molecule is CC#C[C@@H](CC)c1ccc(OCc2ccc(CN3CCCc4ccccc43)cc2)cc1. The number of benzene rings is 3. The Morgan fingerprint density at radius 2 is 1.68 bits per heavy atom. The van der Waals surface area contributed by atoms with Gasteiger partial charge in [-0.15, -0.1) is 5.92 Å². The van der Waals surface area contributed by atoms with Gasteiger partial charge in [-0.1, -0.05) is 67.4 Å². The number of para-hydroxylation sites is 1. The number of aryl methyl sites for hydroxylation is 1. The number of anilines is 1. The monoisotopic (exact) mass is 409 g/mol. The van der Waals surface area contributed by atoms with Gasteiger partial charge in [-0.3, -0.25) is 0 Å². The van der Waals surface area contributed by atoms with E-state index in [0.717, 1.165) is 25.3 Å². The molecule has 4 rings (SSSR count). The zero-order valence-electron chi connectivity index (χ0n) is 18.6. The standard InChI is InChI=1S/C29H31NO/c1-3-8-25(4-2)26-16-18-28(19-17-26)31-22-24-14-12-23(13-15-24)21-30-20-7-10-27-9-5-6-11-29(27)30/h5-6,9,11-19,25H,4,7,10,20-22H2,1-2H3/t25-/m1/s1. The van der Waals surface area contributed by atoms with Crippen molar-refractivity contribution in [2.24, 2.45) is 0 Å². The van der Waals surface area contributed by atoms with Gasteiger partial charge >= 0.3 is 0 Å². The molecule has 0 spiro atoms. The molecular weight excluding hydrogens is 378 g/mol. The summed E-state index contributed by atoms with van der Waals surface area (Å²) in [5, 5.41) is 0. The maximum absolute atomic E-state index is 6.01. The quantitative estimate of drug-likeness (QED) is 0.401. The lowest BCUT2D eigenvalue weighted by atomic mass is 9.97. The Bertz CT molecular complexity index is 1040. The van der Waals surface area contributed by atoms with Crippen LogP contribution in [0.5, 0.6) is 5.75 Å². The predicted molar refractivity (Wildman–Crippen MR) is 130 cm³/mol. The third-order valence-electron chi connectivity index (χ3n) is 6.02. The van der Waals surface area contributed by atoms with Crippen molar-refractivity contribution in [1.82, 2.24) is 0 Å². The third-order valence-corrected chi connectivity index (χ3v) is 6.02. The van der Waals surface area contributed by atoms with E-state index in [0.29, 0.717) is 12.5 Å². The summed E-state index contributed by atoms with van der Waals surface area (Å²) in [6.45, 7) is 6.74.